The number of benzene rings is 3. The van der Waals surface area contributed by atoms with Crippen LogP contribution in [0.2, 0.25) is 5.02 Å². The highest BCUT2D eigenvalue weighted by molar-refractivity contribution is 7.07. The number of fused-ring (bicyclic) bond motifs is 1. The number of allylic oxidation sites excluding steroid dienone is 1. The summed E-state index contributed by atoms with van der Waals surface area (Å²) in [4.78, 5) is 32.1. The van der Waals surface area contributed by atoms with Crippen molar-refractivity contribution < 1.29 is 19.0 Å². The number of hydrogen-bond donors (Lipinski definition) is 0. The molecule has 0 saturated heterocycles. The number of ether oxygens (including phenoxy) is 3. The van der Waals surface area contributed by atoms with Crippen molar-refractivity contribution in [3.63, 3.8) is 0 Å². The largest absolute Gasteiger partial charge is 0.497 e. The van der Waals surface area contributed by atoms with Crippen molar-refractivity contribution in [2.75, 3.05) is 13.7 Å². The van der Waals surface area contributed by atoms with E-state index < -0.39 is 12.0 Å². The highest BCUT2D eigenvalue weighted by atomic mass is 35.5. The van der Waals surface area contributed by atoms with Crippen molar-refractivity contribution in [3.05, 3.63) is 125 Å². The van der Waals surface area contributed by atoms with E-state index in [0.29, 0.717) is 37.1 Å². The maximum Gasteiger partial charge on any atom is 0.338 e. The first-order valence-electron chi connectivity index (χ1n) is 12.7. The van der Waals surface area contributed by atoms with Crippen LogP contribution in [0.15, 0.2) is 93.9 Å². The normalized spacial score (nSPS) is 14.9. The van der Waals surface area contributed by atoms with Gasteiger partial charge in [0, 0.05) is 16.1 Å². The van der Waals surface area contributed by atoms with Gasteiger partial charge in [0.2, 0.25) is 0 Å². The lowest BCUT2D eigenvalue weighted by atomic mass is 9.96. The van der Waals surface area contributed by atoms with Gasteiger partial charge in [0.15, 0.2) is 4.80 Å². The molecule has 0 radical (unpaired) electrons. The van der Waals surface area contributed by atoms with Gasteiger partial charge in [0.25, 0.3) is 5.56 Å². The molecular weight excluding hydrogens is 548 g/mol. The molecule has 3 aromatic carbocycles. The minimum absolute atomic E-state index is 0.209. The Bertz CT molecular complexity index is 1770. The molecule has 4 aromatic rings. The number of hydrogen-bond acceptors (Lipinski definition) is 7. The lowest BCUT2D eigenvalue weighted by Gasteiger charge is -2.24. The molecule has 0 bridgehead atoms. The molecule has 0 fully saturated rings. The molecule has 2 heterocycles. The van der Waals surface area contributed by atoms with Gasteiger partial charge in [0.1, 0.15) is 18.1 Å². The third-order valence-corrected chi connectivity index (χ3v) is 7.85. The van der Waals surface area contributed by atoms with Crippen molar-refractivity contribution in [1.82, 2.24) is 4.57 Å². The molecule has 0 spiro atoms. The van der Waals surface area contributed by atoms with Crippen LogP contribution in [0.3, 0.4) is 0 Å². The Morgan fingerprint density at radius 2 is 1.80 bits per heavy atom. The minimum Gasteiger partial charge on any atom is -0.497 e. The number of thiazole rings is 1. The number of carbonyl (C=O) groups is 1. The van der Waals surface area contributed by atoms with E-state index >= 15 is 0 Å². The Morgan fingerprint density at radius 1 is 1.07 bits per heavy atom. The third-order valence-electron chi connectivity index (χ3n) is 6.50. The van der Waals surface area contributed by atoms with Crippen LogP contribution >= 0.6 is 22.9 Å². The Kier molecular flexibility index (Phi) is 8.19. The Hall–Kier alpha value is -4.14. The highest BCUT2D eigenvalue weighted by Gasteiger charge is 2.33. The van der Waals surface area contributed by atoms with Gasteiger partial charge in [-0.1, -0.05) is 71.5 Å². The van der Waals surface area contributed by atoms with Crippen LogP contribution < -0.4 is 24.4 Å². The SMILES string of the molecule is CCOC(=O)C1=C(C)N=c2s/c(=C\c3ccccc3OCc3ccccc3Cl)c(=O)n2C1c1ccc(OC)cc1. The number of aromatic nitrogens is 1. The average Bonchev–Trinajstić information content (AvgIpc) is 3.26. The van der Waals surface area contributed by atoms with Crippen molar-refractivity contribution >= 4 is 35.0 Å². The fraction of sp³-hybridized carbons (Fsp3) is 0.194. The van der Waals surface area contributed by atoms with Gasteiger partial charge in [-0.25, -0.2) is 9.79 Å². The second-order valence-electron chi connectivity index (χ2n) is 8.99. The molecule has 40 heavy (non-hydrogen) atoms. The summed E-state index contributed by atoms with van der Waals surface area (Å²) in [6.45, 7) is 4.00. The Labute approximate surface area is 240 Å². The van der Waals surface area contributed by atoms with E-state index in [1.807, 2.05) is 60.7 Å². The number of rotatable bonds is 8. The van der Waals surface area contributed by atoms with Crippen LogP contribution in [0.4, 0.5) is 0 Å². The van der Waals surface area contributed by atoms with Crippen LogP contribution in [0, 0.1) is 0 Å². The van der Waals surface area contributed by atoms with Crippen LogP contribution in [0.25, 0.3) is 6.08 Å². The molecule has 0 saturated carbocycles. The van der Waals surface area contributed by atoms with Gasteiger partial charge in [0.05, 0.1) is 35.6 Å². The van der Waals surface area contributed by atoms with Crippen LogP contribution in [-0.2, 0) is 16.1 Å². The van der Waals surface area contributed by atoms with Crippen molar-refractivity contribution in [2.24, 2.45) is 4.99 Å². The van der Waals surface area contributed by atoms with Crippen molar-refractivity contribution in [1.29, 1.82) is 0 Å². The summed E-state index contributed by atoms with van der Waals surface area (Å²) in [5.74, 6) is 0.781. The molecule has 1 aliphatic heterocycles. The van der Waals surface area contributed by atoms with Gasteiger partial charge >= 0.3 is 5.97 Å². The lowest BCUT2D eigenvalue weighted by Crippen LogP contribution is -2.39. The molecule has 0 aliphatic carbocycles. The minimum atomic E-state index is -0.699. The van der Waals surface area contributed by atoms with Crippen LogP contribution in [0.5, 0.6) is 11.5 Å². The summed E-state index contributed by atoms with van der Waals surface area (Å²) in [7, 11) is 1.59. The Balaban J connectivity index is 1.60. The van der Waals surface area contributed by atoms with Gasteiger partial charge in [-0.15, -0.1) is 0 Å². The zero-order chi connectivity index (χ0) is 28.2. The van der Waals surface area contributed by atoms with Crippen molar-refractivity contribution in [3.8, 4) is 11.5 Å². The molecule has 1 aliphatic rings. The zero-order valence-electron chi connectivity index (χ0n) is 22.2. The topological polar surface area (TPSA) is 79.1 Å². The van der Waals surface area contributed by atoms with Gasteiger partial charge in [-0.05, 0) is 49.8 Å². The predicted octanol–water partition coefficient (Wildman–Crippen LogP) is 5.04. The summed E-state index contributed by atoms with van der Waals surface area (Å²) < 4.78 is 18.8. The van der Waals surface area contributed by atoms with Crippen LogP contribution in [0.1, 0.15) is 36.6 Å². The summed E-state index contributed by atoms with van der Waals surface area (Å²) in [6, 6.07) is 21.6. The fourth-order valence-corrected chi connectivity index (χ4v) is 5.76. The van der Waals surface area contributed by atoms with E-state index in [2.05, 4.69) is 4.99 Å². The number of para-hydroxylation sites is 1. The van der Waals surface area contributed by atoms with Crippen LogP contribution in [-0.4, -0.2) is 24.3 Å². The third kappa shape index (κ3) is 5.46. The quantitative estimate of drug-likeness (QED) is 0.276. The monoisotopic (exact) mass is 574 g/mol. The second-order valence-corrected chi connectivity index (χ2v) is 10.4. The van der Waals surface area contributed by atoms with Gasteiger partial charge in [-0.3, -0.25) is 9.36 Å². The standard InChI is InChI=1S/C31H27ClN2O5S/c1-4-38-30(36)27-19(2)33-31-34(28(27)20-13-15-23(37-3)16-14-20)29(35)26(40-31)17-21-9-6-8-12-25(21)39-18-22-10-5-7-11-24(22)32/h5-17,28H,4,18H2,1-3H3/b26-17-. The number of nitrogens with zero attached hydrogens (tertiary/aromatic N) is 2. The van der Waals surface area contributed by atoms with Gasteiger partial charge < -0.3 is 14.2 Å². The summed E-state index contributed by atoms with van der Waals surface area (Å²) in [5.41, 5.74) is 2.92. The van der Waals surface area contributed by atoms with E-state index in [1.54, 1.807) is 43.7 Å². The Morgan fingerprint density at radius 3 is 2.52 bits per heavy atom. The average molecular weight is 575 g/mol. The van der Waals surface area contributed by atoms with E-state index in [1.165, 1.54) is 11.3 Å². The smallest absolute Gasteiger partial charge is 0.338 e. The first-order chi connectivity index (χ1) is 19.4. The molecule has 5 rings (SSSR count). The molecule has 1 atom stereocenters. The maximum absolute atomic E-state index is 13.9. The summed E-state index contributed by atoms with van der Waals surface area (Å²) in [5, 5.41) is 0.625. The number of halogens is 1. The first-order valence-corrected chi connectivity index (χ1v) is 13.9. The summed E-state index contributed by atoms with van der Waals surface area (Å²) in [6.07, 6.45) is 1.79. The lowest BCUT2D eigenvalue weighted by molar-refractivity contribution is -0.139. The fourth-order valence-electron chi connectivity index (χ4n) is 4.54. The molecule has 1 aromatic heterocycles. The highest BCUT2D eigenvalue weighted by Crippen LogP contribution is 2.31. The van der Waals surface area contributed by atoms with Gasteiger partial charge in [-0.2, -0.15) is 0 Å². The molecule has 1 unspecified atom stereocenters. The first kappa shape index (κ1) is 27.4. The maximum atomic E-state index is 13.9. The number of esters is 1. The summed E-state index contributed by atoms with van der Waals surface area (Å²) >= 11 is 7.56. The molecule has 0 amide bonds. The molecule has 7 nitrogen and oxygen atoms in total. The predicted molar refractivity (Wildman–Crippen MR) is 156 cm³/mol. The molecule has 0 N–H and O–H groups in total. The number of methoxy groups -OCH3 is 1. The van der Waals surface area contributed by atoms with Crippen molar-refractivity contribution in [2.45, 2.75) is 26.5 Å². The number of carbonyl (C=O) groups excluding carboxylic acids is 1. The molecular formula is C31H27ClN2O5S. The second kappa shape index (κ2) is 11.9. The van der Waals surface area contributed by atoms with E-state index in [4.69, 9.17) is 25.8 Å². The zero-order valence-corrected chi connectivity index (χ0v) is 23.8. The van der Waals surface area contributed by atoms with E-state index in [-0.39, 0.29) is 18.8 Å². The molecule has 9 heteroatoms. The van der Waals surface area contributed by atoms with E-state index in [0.717, 1.165) is 16.7 Å². The van der Waals surface area contributed by atoms with E-state index in [9.17, 15) is 9.59 Å². The molecule has 204 valence electrons.